The zero-order chi connectivity index (χ0) is 28.1. The van der Waals surface area contributed by atoms with Gasteiger partial charge in [0, 0.05) is 25.1 Å². The normalized spacial score (nSPS) is 10.9. The molecule has 4 aromatic rings. The van der Waals surface area contributed by atoms with Gasteiger partial charge in [0.05, 0.1) is 30.5 Å². The van der Waals surface area contributed by atoms with E-state index in [9.17, 15) is 14.0 Å². The number of carbonyl (C=O) groups is 1. The second-order valence-electron chi connectivity index (χ2n) is 8.17. The zero-order valence-electron chi connectivity index (χ0n) is 21.8. The lowest BCUT2D eigenvalue weighted by atomic mass is 10.2. The van der Waals surface area contributed by atoms with Crippen molar-refractivity contribution in [3.8, 4) is 28.8 Å². The third-order valence-electron chi connectivity index (χ3n) is 5.71. The van der Waals surface area contributed by atoms with Gasteiger partial charge >= 0.3 is 5.69 Å². The van der Waals surface area contributed by atoms with Gasteiger partial charge in [-0.1, -0.05) is 24.6 Å². The van der Waals surface area contributed by atoms with Crippen molar-refractivity contribution >= 4 is 28.7 Å². The molecule has 11 nitrogen and oxygen atoms in total. The minimum atomic E-state index is -0.550. The van der Waals surface area contributed by atoms with Crippen molar-refractivity contribution < 1.29 is 28.1 Å². The average Bonchev–Trinajstić information content (AvgIpc) is 3.26. The van der Waals surface area contributed by atoms with E-state index >= 15 is 0 Å². The number of hydrogen-bond donors (Lipinski definition) is 2. The Bertz CT molecular complexity index is 1570. The number of aromatic nitrogens is 4. The summed E-state index contributed by atoms with van der Waals surface area (Å²) in [5, 5.41) is 2.74. The van der Waals surface area contributed by atoms with E-state index in [0.29, 0.717) is 18.8 Å². The molecule has 0 saturated carbocycles. The largest absolute Gasteiger partial charge is 0.496 e. The van der Waals surface area contributed by atoms with Crippen LogP contribution in [0.3, 0.4) is 0 Å². The zero-order valence-corrected chi connectivity index (χ0v) is 22.5. The van der Waals surface area contributed by atoms with Crippen molar-refractivity contribution in [3.63, 3.8) is 0 Å². The average molecular weight is 560 g/mol. The lowest BCUT2D eigenvalue weighted by molar-refractivity contribution is -0.123. The molecule has 0 atom stereocenters. The van der Waals surface area contributed by atoms with Crippen LogP contribution in [-0.2, 0) is 17.8 Å². The van der Waals surface area contributed by atoms with Gasteiger partial charge in [-0.3, -0.25) is 9.78 Å². The maximum atomic E-state index is 14.6. The van der Waals surface area contributed by atoms with E-state index in [4.69, 9.17) is 30.5 Å². The third-order valence-corrected chi connectivity index (χ3v) is 6.02. The molecular formula is C26H27ClFN5O6. The van der Waals surface area contributed by atoms with Crippen LogP contribution >= 0.6 is 11.6 Å². The fraction of sp³-hybridized carbons (Fsp3) is 0.308. The van der Waals surface area contributed by atoms with E-state index in [1.54, 1.807) is 13.0 Å². The highest BCUT2D eigenvalue weighted by atomic mass is 35.5. The van der Waals surface area contributed by atoms with Gasteiger partial charge in [0.15, 0.2) is 23.8 Å². The summed E-state index contributed by atoms with van der Waals surface area (Å²) in [6.45, 7) is 3.51. The number of likely N-dealkylation sites (N-methyl/N-ethyl adjacent to an activating group) is 1. The number of H-pyrrole nitrogens is 1. The molecule has 0 radical (unpaired) electrons. The predicted octanol–water partition coefficient (Wildman–Crippen LogP) is 3.57. The lowest BCUT2D eigenvalue weighted by Gasteiger charge is -2.17. The summed E-state index contributed by atoms with van der Waals surface area (Å²) in [5.74, 6) is 0.265. The number of fused-ring (bicyclic) bond motifs is 1. The Kier molecular flexibility index (Phi) is 8.55. The van der Waals surface area contributed by atoms with Crippen LogP contribution in [-0.4, -0.2) is 52.8 Å². The summed E-state index contributed by atoms with van der Waals surface area (Å²) in [6.07, 6.45) is 0.491. The molecule has 0 bridgehead atoms. The van der Waals surface area contributed by atoms with Gasteiger partial charge < -0.3 is 24.3 Å². The van der Waals surface area contributed by atoms with Crippen LogP contribution in [0, 0.1) is 5.82 Å². The summed E-state index contributed by atoms with van der Waals surface area (Å²) in [6, 6.07) is 7.27. The Morgan fingerprint density at radius 1 is 1.10 bits per heavy atom. The number of aromatic amines is 1. The molecule has 0 saturated heterocycles. The second-order valence-corrected chi connectivity index (χ2v) is 8.58. The molecule has 2 N–H and O–H groups in total. The lowest BCUT2D eigenvalue weighted by Crippen LogP contribution is -2.28. The van der Waals surface area contributed by atoms with Gasteiger partial charge in [0.25, 0.3) is 5.91 Å². The number of carbonyl (C=O) groups excluding carboxylic acids is 1. The molecule has 2 heterocycles. The number of methoxy groups -OCH3 is 2. The van der Waals surface area contributed by atoms with Crippen molar-refractivity contribution in [3.05, 3.63) is 63.0 Å². The molecule has 0 fully saturated rings. The molecule has 2 aromatic heterocycles. The Hall–Kier alpha value is -4.32. The summed E-state index contributed by atoms with van der Waals surface area (Å²) in [5.41, 5.74) is 0.344. The van der Waals surface area contributed by atoms with E-state index in [1.165, 1.54) is 43.1 Å². The summed E-state index contributed by atoms with van der Waals surface area (Å²) in [4.78, 5) is 36.6. The van der Waals surface area contributed by atoms with E-state index in [2.05, 4.69) is 20.3 Å². The molecule has 4 rings (SSSR count). The number of nitrogens with zero attached hydrogens (tertiary/aromatic N) is 3. The number of halogens is 2. The molecule has 1 amide bonds. The van der Waals surface area contributed by atoms with Crippen molar-refractivity contribution in [2.45, 2.75) is 26.9 Å². The molecule has 206 valence electrons. The van der Waals surface area contributed by atoms with Gasteiger partial charge in [0.2, 0.25) is 5.88 Å². The van der Waals surface area contributed by atoms with E-state index in [0.717, 1.165) is 0 Å². The minimum Gasteiger partial charge on any atom is -0.496 e. The number of rotatable bonds is 11. The first kappa shape index (κ1) is 27.7. The number of imidazole rings is 1. The Morgan fingerprint density at radius 2 is 1.87 bits per heavy atom. The Balaban J connectivity index is 1.83. The highest BCUT2D eigenvalue weighted by Gasteiger charge is 2.22. The van der Waals surface area contributed by atoms with Crippen LogP contribution in [0.2, 0.25) is 5.02 Å². The van der Waals surface area contributed by atoms with E-state index in [-0.39, 0.29) is 69.7 Å². The summed E-state index contributed by atoms with van der Waals surface area (Å²) >= 11 is 6.61. The minimum absolute atomic E-state index is 0.0991. The quantitative estimate of drug-likeness (QED) is 0.285. The SMILES string of the molecule is CCNC(=O)COc1cc(Cl)c(-n2c(=O)[nH]c3c(OC)nc(CC)nc32)cc1OCc1c(F)cccc1OC. The van der Waals surface area contributed by atoms with Crippen LogP contribution in [0.15, 0.2) is 35.1 Å². The van der Waals surface area contributed by atoms with Gasteiger partial charge in [-0.05, 0) is 19.1 Å². The number of amides is 1. The first-order chi connectivity index (χ1) is 18.8. The predicted molar refractivity (Wildman–Crippen MR) is 142 cm³/mol. The van der Waals surface area contributed by atoms with Crippen LogP contribution in [0.25, 0.3) is 16.9 Å². The number of ether oxygens (including phenoxy) is 4. The molecule has 0 spiro atoms. The monoisotopic (exact) mass is 559 g/mol. The maximum absolute atomic E-state index is 14.6. The van der Waals surface area contributed by atoms with Gasteiger partial charge in [-0.25, -0.2) is 18.7 Å². The topological polar surface area (TPSA) is 130 Å². The van der Waals surface area contributed by atoms with Crippen LogP contribution in [0.4, 0.5) is 4.39 Å². The van der Waals surface area contributed by atoms with Crippen LogP contribution in [0.5, 0.6) is 23.1 Å². The van der Waals surface area contributed by atoms with Crippen molar-refractivity contribution in [1.29, 1.82) is 0 Å². The van der Waals surface area contributed by atoms with E-state index in [1.807, 2.05) is 6.92 Å². The Labute approximate surface area is 227 Å². The molecule has 0 aliphatic rings. The Morgan fingerprint density at radius 3 is 2.56 bits per heavy atom. The molecule has 39 heavy (non-hydrogen) atoms. The first-order valence-corrected chi connectivity index (χ1v) is 12.4. The molecular weight excluding hydrogens is 533 g/mol. The van der Waals surface area contributed by atoms with Gasteiger partial charge in [-0.15, -0.1) is 0 Å². The smallest absolute Gasteiger partial charge is 0.332 e. The molecule has 0 aliphatic carbocycles. The van der Waals surface area contributed by atoms with Gasteiger partial charge in [0.1, 0.15) is 29.5 Å². The highest BCUT2D eigenvalue weighted by Crippen LogP contribution is 2.37. The summed E-state index contributed by atoms with van der Waals surface area (Å²) < 4.78 is 38.1. The van der Waals surface area contributed by atoms with Crippen molar-refractivity contribution in [1.82, 2.24) is 24.8 Å². The number of benzene rings is 2. The van der Waals surface area contributed by atoms with Gasteiger partial charge in [-0.2, -0.15) is 4.98 Å². The standard InChI is InChI=1S/C26H27ClFN5O6/c1-5-21-30-24-23(25(31-21)37-4)32-26(35)33(24)17-11-20(19(10-15(17)27)39-13-22(34)29-6-2)38-12-14-16(28)8-7-9-18(14)36-3/h7-11H,5-6,12-13H2,1-4H3,(H,29,34)(H,32,35). The molecule has 2 aromatic carbocycles. The number of aryl methyl sites for hydroxylation is 1. The molecule has 0 unspecified atom stereocenters. The molecule has 0 aliphatic heterocycles. The fourth-order valence-corrected chi connectivity index (χ4v) is 4.10. The van der Waals surface area contributed by atoms with Crippen LogP contribution in [0.1, 0.15) is 25.2 Å². The van der Waals surface area contributed by atoms with E-state index < -0.39 is 11.5 Å². The van der Waals surface area contributed by atoms with Crippen molar-refractivity contribution in [2.75, 3.05) is 27.4 Å². The number of nitrogens with one attached hydrogen (secondary N) is 2. The molecule has 13 heteroatoms. The third kappa shape index (κ3) is 5.75. The second kappa shape index (κ2) is 12.0. The van der Waals surface area contributed by atoms with Crippen LogP contribution < -0.4 is 30.0 Å². The van der Waals surface area contributed by atoms with Crippen molar-refractivity contribution in [2.24, 2.45) is 0 Å². The summed E-state index contributed by atoms with van der Waals surface area (Å²) in [7, 11) is 2.86. The first-order valence-electron chi connectivity index (χ1n) is 12.0. The number of hydrogen-bond acceptors (Lipinski definition) is 8. The highest BCUT2D eigenvalue weighted by molar-refractivity contribution is 6.32. The fourth-order valence-electron chi connectivity index (χ4n) is 3.86. The maximum Gasteiger partial charge on any atom is 0.332 e.